The van der Waals surface area contributed by atoms with Crippen molar-refractivity contribution in [1.82, 2.24) is 15.0 Å². The first-order chi connectivity index (χ1) is 6.59. The van der Waals surface area contributed by atoms with Gasteiger partial charge in [0.05, 0.1) is 6.04 Å². The lowest BCUT2D eigenvalue weighted by molar-refractivity contribution is -0.693. The Morgan fingerprint density at radius 1 is 1.29 bits per heavy atom. The summed E-state index contributed by atoms with van der Waals surface area (Å²) in [6.45, 7) is 3.93. The van der Waals surface area contributed by atoms with Gasteiger partial charge in [-0.15, -0.1) is 0 Å². The molecule has 0 unspecified atom stereocenters. The molecule has 2 aromatic heterocycles. The van der Waals surface area contributed by atoms with Gasteiger partial charge in [-0.05, 0) is 13.8 Å². The number of aromatic amines is 3. The van der Waals surface area contributed by atoms with Crippen LogP contribution >= 0.6 is 0 Å². The highest BCUT2D eigenvalue weighted by atomic mass is 16.2. The second kappa shape index (κ2) is 2.83. The summed E-state index contributed by atoms with van der Waals surface area (Å²) in [5.41, 5.74) is 0.0201. The summed E-state index contributed by atoms with van der Waals surface area (Å²) in [6, 6.07) is 0.182. The van der Waals surface area contributed by atoms with Crippen molar-refractivity contribution in [1.29, 1.82) is 0 Å². The summed E-state index contributed by atoms with van der Waals surface area (Å²) in [5.74, 6) is 0. The minimum Gasteiger partial charge on any atom is -0.269 e. The third-order valence-electron chi connectivity index (χ3n) is 2.09. The zero-order valence-electron chi connectivity index (χ0n) is 7.92. The van der Waals surface area contributed by atoms with E-state index in [9.17, 15) is 9.59 Å². The van der Waals surface area contributed by atoms with Crippen molar-refractivity contribution in [2.45, 2.75) is 19.9 Å². The number of nitrogens with one attached hydrogen (secondary N) is 3. The number of hydrogen-bond donors (Lipinski definition) is 3. The molecule has 0 bridgehead atoms. The van der Waals surface area contributed by atoms with Crippen LogP contribution in [0.3, 0.4) is 0 Å². The SMILES string of the molecule is CC(C)[n+]1c[nH]c2c(=O)[nH]c(=O)[nH]c21. The minimum atomic E-state index is -0.489. The summed E-state index contributed by atoms with van der Waals surface area (Å²) in [7, 11) is 0. The Morgan fingerprint density at radius 2 is 2.00 bits per heavy atom. The first kappa shape index (κ1) is 8.74. The zero-order valence-corrected chi connectivity index (χ0v) is 7.92. The van der Waals surface area contributed by atoms with Gasteiger partial charge in [0, 0.05) is 0 Å². The predicted molar refractivity (Wildman–Crippen MR) is 50.1 cm³/mol. The predicted octanol–water partition coefficient (Wildman–Crippen LogP) is -0.587. The Bertz CT molecular complexity index is 575. The Hall–Kier alpha value is -1.85. The van der Waals surface area contributed by atoms with E-state index in [4.69, 9.17) is 0 Å². The van der Waals surface area contributed by atoms with Crippen LogP contribution in [0.4, 0.5) is 0 Å². The van der Waals surface area contributed by atoms with Crippen LogP contribution in [-0.4, -0.2) is 15.0 Å². The molecule has 0 aliphatic heterocycles. The maximum absolute atomic E-state index is 11.3. The molecule has 0 radical (unpaired) electrons. The molecule has 74 valence electrons. The fraction of sp³-hybridized carbons (Fsp3) is 0.375. The number of rotatable bonds is 1. The van der Waals surface area contributed by atoms with Gasteiger partial charge in [0.15, 0.2) is 6.33 Å². The molecule has 0 amide bonds. The van der Waals surface area contributed by atoms with Crippen LogP contribution in [-0.2, 0) is 0 Å². The van der Waals surface area contributed by atoms with E-state index in [2.05, 4.69) is 15.0 Å². The van der Waals surface area contributed by atoms with Crippen LogP contribution in [0, 0.1) is 0 Å². The van der Waals surface area contributed by atoms with E-state index in [0.717, 1.165) is 0 Å². The largest absolute Gasteiger partial charge is 0.384 e. The van der Waals surface area contributed by atoms with E-state index in [1.54, 1.807) is 10.9 Å². The van der Waals surface area contributed by atoms with Crippen LogP contribution in [0.15, 0.2) is 15.9 Å². The summed E-state index contributed by atoms with van der Waals surface area (Å²) in [5, 5.41) is 0. The molecule has 6 heteroatoms. The van der Waals surface area contributed by atoms with E-state index >= 15 is 0 Å². The average Bonchev–Trinajstić information content (AvgIpc) is 2.47. The van der Waals surface area contributed by atoms with Crippen LogP contribution in [0.25, 0.3) is 11.2 Å². The van der Waals surface area contributed by atoms with Crippen molar-refractivity contribution in [3.05, 3.63) is 27.2 Å². The summed E-state index contributed by atoms with van der Waals surface area (Å²) in [6.07, 6.45) is 1.67. The van der Waals surface area contributed by atoms with Crippen molar-refractivity contribution in [3.63, 3.8) is 0 Å². The van der Waals surface area contributed by atoms with Crippen molar-refractivity contribution in [3.8, 4) is 0 Å². The highest BCUT2D eigenvalue weighted by Crippen LogP contribution is 1.98. The van der Waals surface area contributed by atoms with Crippen molar-refractivity contribution >= 4 is 11.2 Å². The Balaban J connectivity index is 2.92. The van der Waals surface area contributed by atoms with Gasteiger partial charge in [-0.2, -0.15) is 0 Å². The van der Waals surface area contributed by atoms with Gasteiger partial charge in [0.25, 0.3) is 11.2 Å². The lowest BCUT2D eigenvalue weighted by Crippen LogP contribution is -2.37. The fourth-order valence-electron chi connectivity index (χ4n) is 1.41. The van der Waals surface area contributed by atoms with E-state index in [0.29, 0.717) is 11.2 Å². The zero-order chi connectivity index (χ0) is 10.3. The molecule has 0 fully saturated rings. The van der Waals surface area contributed by atoms with Gasteiger partial charge in [0.1, 0.15) is 0 Å². The molecule has 6 nitrogen and oxygen atoms in total. The van der Waals surface area contributed by atoms with Gasteiger partial charge in [-0.3, -0.25) is 14.8 Å². The number of aromatic nitrogens is 4. The Labute approximate surface area is 78.6 Å². The molecule has 0 aromatic carbocycles. The highest BCUT2D eigenvalue weighted by molar-refractivity contribution is 5.63. The normalized spacial score (nSPS) is 11.4. The lowest BCUT2D eigenvalue weighted by atomic mass is 10.4. The monoisotopic (exact) mass is 195 g/mol. The number of nitrogens with zero attached hydrogens (tertiary/aromatic N) is 1. The van der Waals surface area contributed by atoms with E-state index in [-0.39, 0.29) is 6.04 Å². The first-order valence-corrected chi connectivity index (χ1v) is 4.34. The third-order valence-corrected chi connectivity index (χ3v) is 2.09. The van der Waals surface area contributed by atoms with Crippen LogP contribution in [0.1, 0.15) is 19.9 Å². The van der Waals surface area contributed by atoms with Crippen molar-refractivity contribution in [2.24, 2.45) is 0 Å². The number of fused-ring (bicyclic) bond motifs is 1. The summed E-state index contributed by atoms with van der Waals surface area (Å²) >= 11 is 0. The molecule has 3 N–H and O–H groups in total. The van der Waals surface area contributed by atoms with Gasteiger partial charge >= 0.3 is 5.69 Å². The molecular weight excluding hydrogens is 184 g/mol. The smallest absolute Gasteiger partial charge is 0.269 e. The maximum Gasteiger partial charge on any atom is 0.384 e. The first-order valence-electron chi connectivity index (χ1n) is 4.34. The average molecular weight is 195 g/mol. The molecule has 14 heavy (non-hydrogen) atoms. The van der Waals surface area contributed by atoms with Crippen LogP contribution in [0.5, 0.6) is 0 Å². The van der Waals surface area contributed by atoms with Gasteiger partial charge in [0.2, 0.25) is 5.52 Å². The molecule has 0 aliphatic carbocycles. The van der Waals surface area contributed by atoms with Gasteiger partial charge in [-0.25, -0.2) is 14.3 Å². The minimum absolute atomic E-state index is 0.182. The molecule has 0 saturated heterocycles. The summed E-state index contributed by atoms with van der Waals surface area (Å²) in [4.78, 5) is 29.9. The highest BCUT2D eigenvalue weighted by Gasteiger charge is 2.15. The lowest BCUT2D eigenvalue weighted by Gasteiger charge is -1.99. The van der Waals surface area contributed by atoms with E-state index in [1.165, 1.54) is 0 Å². The fourth-order valence-corrected chi connectivity index (χ4v) is 1.41. The summed E-state index contributed by atoms with van der Waals surface area (Å²) < 4.78 is 1.80. The Morgan fingerprint density at radius 3 is 2.64 bits per heavy atom. The van der Waals surface area contributed by atoms with E-state index < -0.39 is 11.2 Å². The second-order valence-electron chi connectivity index (χ2n) is 3.41. The van der Waals surface area contributed by atoms with Crippen molar-refractivity contribution < 1.29 is 4.57 Å². The molecule has 0 aliphatic rings. The molecule has 0 atom stereocenters. The Kier molecular flexibility index (Phi) is 1.77. The molecule has 0 saturated carbocycles. The van der Waals surface area contributed by atoms with Crippen LogP contribution < -0.4 is 15.8 Å². The number of H-pyrrole nitrogens is 3. The van der Waals surface area contributed by atoms with Crippen molar-refractivity contribution in [2.75, 3.05) is 0 Å². The number of imidazole rings is 1. The maximum atomic E-state index is 11.3. The second-order valence-corrected chi connectivity index (χ2v) is 3.41. The molecule has 2 heterocycles. The molecule has 0 spiro atoms. The molecule has 2 rings (SSSR count). The van der Waals surface area contributed by atoms with E-state index in [1.807, 2.05) is 13.8 Å². The molecule has 2 aromatic rings. The van der Waals surface area contributed by atoms with Gasteiger partial charge in [-0.1, -0.05) is 0 Å². The standard InChI is InChI=1S/C8H10N4O2/c1-4(2)12-3-9-5-6(12)10-8(14)11-7(5)13/h3-4H,1-2H3,(H2,10,11,13,14)/p+1. The number of hydrogen-bond acceptors (Lipinski definition) is 2. The van der Waals surface area contributed by atoms with Crippen LogP contribution in [0.2, 0.25) is 0 Å². The molecular formula is C8H11N4O2+. The third kappa shape index (κ3) is 1.15. The van der Waals surface area contributed by atoms with Gasteiger partial charge < -0.3 is 0 Å². The quantitative estimate of drug-likeness (QED) is 0.531. The topological polar surface area (TPSA) is 85.4 Å².